The molecule has 0 saturated heterocycles. The number of guanidine groups is 1. The Labute approximate surface area is 216 Å². The third kappa shape index (κ3) is 13.3. The molecule has 188 valence electrons. The maximum Gasteiger partial charge on any atom is 0.407 e. The van der Waals surface area contributed by atoms with Crippen LogP contribution in [0.25, 0.3) is 0 Å². The number of carbonyl (C=O) groups is 2. The lowest BCUT2D eigenvalue weighted by Crippen LogP contribution is -2.49. The first-order valence-electron chi connectivity index (χ1n) is 11.4. The van der Waals surface area contributed by atoms with E-state index in [1.807, 2.05) is 52.0 Å². The van der Waals surface area contributed by atoms with E-state index in [9.17, 15) is 9.59 Å². The largest absolute Gasteiger partial charge is 0.444 e. The monoisotopic (exact) mass is 575 g/mol. The Balaban J connectivity index is 0.0000102. The summed E-state index contributed by atoms with van der Waals surface area (Å²) >= 11 is 0. The number of carbonyl (C=O) groups excluding carboxylic acids is 2. The fourth-order valence-corrected chi connectivity index (χ4v) is 2.89. The van der Waals surface area contributed by atoms with Gasteiger partial charge in [0.25, 0.3) is 5.91 Å². The Bertz CT molecular complexity index is 745. The normalized spacial score (nSPS) is 12.3. The second-order valence-electron chi connectivity index (χ2n) is 8.96. The molecule has 0 aliphatic carbocycles. The van der Waals surface area contributed by atoms with Crippen LogP contribution in [-0.2, 0) is 11.3 Å². The molecule has 0 spiro atoms. The minimum atomic E-state index is -0.528. The maximum atomic E-state index is 12.0. The summed E-state index contributed by atoms with van der Waals surface area (Å²) in [6.07, 6.45) is 2.58. The van der Waals surface area contributed by atoms with Gasteiger partial charge in [-0.3, -0.25) is 4.79 Å². The molecule has 0 saturated carbocycles. The lowest BCUT2D eigenvalue weighted by Gasteiger charge is -2.24. The van der Waals surface area contributed by atoms with Crippen molar-refractivity contribution < 1.29 is 14.3 Å². The van der Waals surface area contributed by atoms with E-state index in [0.717, 1.165) is 31.4 Å². The van der Waals surface area contributed by atoms with E-state index in [4.69, 9.17) is 4.74 Å². The standard InChI is InChI=1S/C24H41N5O3.HI/c1-8-10-11-20(17-27-23(31)32-24(3,4)5)28-22(25-9-2)26-16-18-12-14-19(15-13-18)21(30)29(6)7;/h12-15,20H,8-11,16-17H2,1-7H3,(H,27,31)(H2,25,26,28);1H. The van der Waals surface area contributed by atoms with Crippen LogP contribution in [-0.4, -0.2) is 61.7 Å². The lowest BCUT2D eigenvalue weighted by molar-refractivity contribution is 0.0522. The van der Waals surface area contributed by atoms with Crippen molar-refractivity contribution in [2.45, 2.75) is 72.1 Å². The van der Waals surface area contributed by atoms with Gasteiger partial charge >= 0.3 is 6.09 Å². The summed E-state index contributed by atoms with van der Waals surface area (Å²) in [4.78, 5) is 30.3. The number of halogens is 1. The highest BCUT2D eigenvalue weighted by Crippen LogP contribution is 2.09. The highest BCUT2D eigenvalue weighted by atomic mass is 127. The predicted molar refractivity (Wildman–Crippen MR) is 145 cm³/mol. The van der Waals surface area contributed by atoms with Gasteiger partial charge in [-0.1, -0.05) is 31.9 Å². The molecule has 0 aromatic heterocycles. The van der Waals surface area contributed by atoms with Crippen molar-refractivity contribution in [3.63, 3.8) is 0 Å². The molecule has 0 heterocycles. The molecule has 2 amide bonds. The molecule has 9 heteroatoms. The molecule has 1 atom stereocenters. The van der Waals surface area contributed by atoms with Crippen LogP contribution in [0.3, 0.4) is 0 Å². The smallest absolute Gasteiger partial charge is 0.407 e. The van der Waals surface area contributed by atoms with Crippen LogP contribution in [0.15, 0.2) is 29.3 Å². The Morgan fingerprint density at radius 1 is 1.09 bits per heavy atom. The van der Waals surface area contributed by atoms with Crippen molar-refractivity contribution in [1.29, 1.82) is 0 Å². The van der Waals surface area contributed by atoms with Gasteiger partial charge in [-0.2, -0.15) is 0 Å². The Kier molecular flexibility index (Phi) is 14.8. The predicted octanol–water partition coefficient (Wildman–Crippen LogP) is 4.15. The number of rotatable bonds is 10. The van der Waals surface area contributed by atoms with E-state index >= 15 is 0 Å². The van der Waals surface area contributed by atoms with E-state index in [2.05, 4.69) is 27.9 Å². The zero-order valence-electron chi connectivity index (χ0n) is 21.2. The molecule has 1 aromatic rings. The van der Waals surface area contributed by atoms with Gasteiger partial charge in [0, 0.05) is 38.8 Å². The van der Waals surface area contributed by atoms with Crippen LogP contribution in [0.1, 0.15) is 69.8 Å². The van der Waals surface area contributed by atoms with Crippen LogP contribution in [0.4, 0.5) is 4.79 Å². The van der Waals surface area contributed by atoms with E-state index in [-0.39, 0.29) is 35.9 Å². The average molecular weight is 576 g/mol. The van der Waals surface area contributed by atoms with Crippen molar-refractivity contribution in [1.82, 2.24) is 20.9 Å². The summed E-state index contributed by atoms with van der Waals surface area (Å²) in [7, 11) is 3.48. The molecular formula is C24H42IN5O3. The number of hydrogen-bond acceptors (Lipinski definition) is 4. The summed E-state index contributed by atoms with van der Waals surface area (Å²) in [5.41, 5.74) is 1.13. The summed E-state index contributed by atoms with van der Waals surface area (Å²) < 4.78 is 5.34. The minimum absolute atomic E-state index is 0. The molecule has 1 aromatic carbocycles. The second-order valence-corrected chi connectivity index (χ2v) is 8.96. The van der Waals surface area contributed by atoms with Crippen LogP contribution < -0.4 is 16.0 Å². The highest BCUT2D eigenvalue weighted by molar-refractivity contribution is 14.0. The Morgan fingerprint density at radius 2 is 1.73 bits per heavy atom. The van der Waals surface area contributed by atoms with Gasteiger partial charge in [-0.05, 0) is 51.8 Å². The van der Waals surface area contributed by atoms with Gasteiger partial charge in [-0.25, -0.2) is 9.79 Å². The number of unbranched alkanes of at least 4 members (excludes halogenated alkanes) is 1. The molecule has 0 bridgehead atoms. The summed E-state index contributed by atoms with van der Waals surface area (Å²) in [6, 6.07) is 7.51. The SMILES string of the molecule is CCCCC(CNC(=O)OC(C)(C)C)NC(=NCc1ccc(C(=O)N(C)C)cc1)NCC.I. The lowest BCUT2D eigenvalue weighted by atomic mass is 10.1. The molecule has 1 unspecified atom stereocenters. The highest BCUT2D eigenvalue weighted by Gasteiger charge is 2.18. The van der Waals surface area contributed by atoms with E-state index in [1.54, 1.807) is 19.0 Å². The van der Waals surface area contributed by atoms with Crippen LogP contribution >= 0.6 is 24.0 Å². The summed E-state index contributed by atoms with van der Waals surface area (Å²) in [5, 5.41) is 9.55. The molecule has 0 aliphatic rings. The van der Waals surface area contributed by atoms with Gasteiger partial charge in [0.05, 0.1) is 6.54 Å². The number of amides is 2. The average Bonchev–Trinajstić information content (AvgIpc) is 2.72. The van der Waals surface area contributed by atoms with Gasteiger partial charge < -0.3 is 25.6 Å². The topological polar surface area (TPSA) is 95.1 Å². The molecule has 1 rings (SSSR count). The quantitative estimate of drug-likeness (QED) is 0.222. The zero-order chi connectivity index (χ0) is 24.1. The maximum absolute atomic E-state index is 12.0. The molecule has 0 fully saturated rings. The van der Waals surface area contributed by atoms with E-state index < -0.39 is 11.7 Å². The number of aliphatic imine (C=N–C) groups is 1. The number of hydrogen-bond donors (Lipinski definition) is 3. The van der Waals surface area contributed by atoms with Crippen LogP contribution in [0.5, 0.6) is 0 Å². The van der Waals surface area contributed by atoms with Gasteiger partial charge in [0.1, 0.15) is 5.60 Å². The minimum Gasteiger partial charge on any atom is -0.444 e. The van der Waals surface area contributed by atoms with Crippen molar-refractivity contribution >= 4 is 41.9 Å². The first-order chi connectivity index (χ1) is 15.1. The van der Waals surface area contributed by atoms with E-state index in [1.165, 1.54) is 0 Å². The molecule has 3 N–H and O–H groups in total. The molecule has 33 heavy (non-hydrogen) atoms. The zero-order valence-corrected chi connectivity index (χ0v) is 23.5. The fraction of sp³-hybridized carbons (Fsp3) is 0.625. The summed E-state index contributed by atoms with van der Waals surface area (Å²) in [6.45, 7) is 11.3. The molecule has 0 aliphatic heterocycles. The second kappa shape index (κ2) is 15.7. The number of benzene rings is 1. The van der Waals surface area contributed by atoms with Gasteiger partial charge in [0.15, 0.2) is 5.96 Å². The Hall–Kier alpha value is -2.04. The molecule has 0 radical (unpaired) electrons. The van der Waals surface area contributed by atoms with Crippen molar-refractivity contribution in [3.8, 4) is 0 Å². The first-order valence-corrected chi connectivity index (χ1v) is 11.4. The molecule has 8 nitrogen and oxygen atoms in total. The summed E-state index contributed by atoms with van der Waals surface area (Å²) in [5.74, 6) is 0.666. The molecular weight excluding hydrogens is 533 g/mol. The van der Waals surface area contributed by atoms with Gasteiger partial charge in [0.2, 0.25) is 0 Å². The number of alkyl carbamates (subject to hydrolysis) is 1. The number of nitrogens with one attached hydrogen (secondary N) is 3. The third-order valence-electron chi connectivity index (χ3n) is 4.51. The van der Waals surface area contributed by atoms with Gasteiger partial charge in [-0.15, -0.1) is 24.0 Å². The number of nitrogens with zero attached hydrogens (tertiary/aromatic N) is 2. The number of ether oxygens (including phenoxy) is 1. The van der Waals surface area contributed by atoms with Crippen molar-refractivity contribution in [3.05, 3.63) is 35.4 Å². The third-order valence-corrected chi connectivity index (χ3v) is 4.51. The fourth-order valence-electron chi connectivity index (χ4n) is 2.89. The van der Waals surface area contributed by atoms with Crippen LogP contribution in [0.2, 0.25) is 0 Å². The first kappa shape index (κ1) is 31.0. The Morgan fingerprint density at radius 3 is 2.24 bits per heavy atom. The van der Waals surface area contributed by atoms with Crippen LogP contribution in [0, 0.1) is 0 Å². The van der Waals surface area contributed by atoms with E-state index in [0.29, 0.717) is 24.6 Å². The van der Waals surface area contributed by atoms with Crippen molar-refractivity contribution in [2.24, 2.45) is 4.99 Å². The van der Waals surface area contributed by atoms with Crippen molar-refractivity contribution in [2.75, 3.05) is 27.2 Å².